The molecule has 3 aromatic rings. The number of halogens is 1. The van der Waals surface area contributed by atoms with Crippen molar-refractivity contribution >= 4 is 16.8 Å². The molecular formula is C21H22FN3O. The summed E-state index contributed by atoms with van der Waals surface area (Å²) in [7, 11) is 0. The number of fused-ring (bicyclic) bond motifs is 1. The lowest BCUT2D eigenvalue weighted by atomic mass is 10.2. The quantitative estimate of drug-likeness (QED) is 0.723. The van der Waals surface area contributed by atoms with Crippen LogP contribution in [-0.2, 0) is 17.9 Å². The van der Waals surface area contributed by atoms with E-state index in [1.165, 1.54) is 17.7 Å². The molecule has 134 valence electrons. The zero-order valence-electron chi connectivity index (χ0n) is 14.6. The van der Waals surface area contributed by atoms with Gasteiger partial charge in [-0.3, -0.25) is 9.69 Å². The number of piperazine rings is 1. The van der Waals surface area contributed by atoms with Crippen molar-refractivity contribution in [1.82, 2.24) is 14.4 Å². The minimum atomic E-state index is -0.278. The monoisotopic (exact) mass is 351 g/mol. The Bertz CT molecular complexity index is 898. The molecule has 1 saturated heterocycles. The van der Waals surface area contributed by atoms with Gasteiger partial charge >= 0.3 is 0 Å². The van der Waals surface area contributed by atoms with Gasteiger partial charge in [-0.15, -0.1) is 0 Å². The Labute approximate surface area is 152 Å². The molecule has 1 amide bonds. The largest absolute Gasteiger partial charge is 0.339 e. The number of aromatic nitrogens is 1. The molecule has 0 spiro atoms. The Morgan fingerprint density at radius 3 is 2.50 bits per heavy atom. The van der Waals surface area contributed by atoms with Crippen molar-refractivity contribution in [3.05, 3.63) is 72.2 Å². The first-order valence-corrected chi connectivity index (χ1v) is 8.97. The molecule has 5 heteroatoms. The predicted molar refractivity (Wildman–Crippen MR) is 100 cm³/mol. The second-order valence-electron chi connectivity index (χ2n) is 6.79. The Morgan fingerprint density at radius 1 is 0.962 bits per heavy atom. The second kappa shape index (κ2) is 7.30. The molecule has 4 rings (SSSR count). The third-order valence-corrected chi connectivity index (χ3v) is 5.02. The maximum atomic E-state index is 13.5. The topological polar surface area (TPSA) is 28.5 Å². The lowest BCUT2D eigenvalue weighted by molar-refractivity contribution is -0.133. The van der Waals surface area contributed by atoms with E-state index in [1.807, 2.05) is 27.8 Å². The lowest BCUT2D eigenvalue weighted by Crippen LogP contribution is -2.49. The van der Waals surface area contributed by atoms with Crippen molar-refractivity contribution in [3.63, 3.8) is 0 Å². The summed E-state index contributed by atoms with van der Waals surface area (Å²) < 4.78 is 15.3. The van der Waals surface area contributed by atoms with E-state index in [9.17, 15) is 9.18 Å². The second-order valence-corrected chi connectivity index (χ2v) is 6.79. The van der Waals surface area contributed by atoms with Crippen molar-refractivity contribution in [3.8, 4) is 0 Å². The summed E-state index contributed by atoms with van der Waals surface area (Å²) in [5, 5.41) is 0.951. The molecule has 4 nitrogen and oxygen atoms in total. The Morgan fingerprint density at radius 2 is 1.73 bits per heavy atom. The first-order valence-electron chi connectivity index (χ1n) is 8.97. The molecule has 0 aliphatic carbocycles. The van der Waals surface area contributed by atoms with Crippen LogP contribution in [0.3, 0.4) is 0 Å². The maximum Gasteiger partial charge on any atom is 0.242 e. The molecule has 1 fully saturated rings. The molecule has 0 unspecified atom stereocenters. The fraction of sp³-hybridized carbons (Fsp3) is 0.286. The molecule has 0 bridgehead atoms. The molecule has 1 aromatic heterocycles. The van der Waals surface area contributed by atoms with Crippen LogP contribution in [0.15, 0.2) is 60.8 Å². The first-order chi connectivity index (χ1) is 12.7. The molecule has 1 aliphatic heterocycles. The molecule has 0 radical (unpaired) electrons. The van der Waals surface area contributed by atoms with E-state index < -0.39 is 0 Å². The molecule has 0 saturated carbocycles. The van der Waals surface area contributed by atoms with Crippen LogP contribution < -0.4 is 0 Å². The highest BCUT2D eigenvalue weighted by atomic mass is 19.1. The standard InChI is InChI=1S/C21H22FN3O/c22-19-7-6-18-8-9-25(20(18)14-19)16-21(26)24-12-10-23(11-13-24)15-17-4-2-1-3-5-17/h1-9,14H,10-13,15-16H2. The van der Waals surface area contributed by atoms with Gasteiger partial charge in [0.05, 0.1) is 5.52 Å². The van der Waals surface area contributed by atoms with E-state index in [1.54, 1.807) is 6.07 Å². The minimum absolute atomic E-state index is 0.0890. The minimum Gasteiger partial charge on any atom is -0.339 e. The van der Waals surface area contributed by atoms with Crippen LogP contribution >= 0.6 is 0 Å². The molecule has 2 heterocycles. The van der Waals surface area contributed by atoms with E-state index in [0.29, 0.717) is 0 Å². The van der Waals surface area contributed by atoms with Gasteiger partial charge in [0, 0.05) is 38.9 Å². The summed E-state index contributed by atoms with van der Waals surface area (Å²) in [6, 6.07) is 17.0. The summed E-state index contributed by atoms with van der Waals surface area (Å²) in [6.07, 6.45) is 1.85. The normalized spacial score (nSPS) is 15.5. The Balaban J connectivity index is 1.35. The van der Waals surface area contributed by atoms with Gasteiger partial charge in [0.2, 0.25) is 5.91 Å². The number of carbonyl (C=O) groups is 1. The van der Waals surface area contributed by atoms with Crippen LogP contribution in [0, 0.1) is 5.82 Å². The Hall–Kier alpha value is -2.66. The van der Waals surface area contributed by atoms with Gasteiger partial charge in [0.25, 0.3) is 0 Å². The number of amides is 1. The molecule has 26 heavy (non-hydrogen) atoms. The van der Waals surface area contributed by atoms with E-state index in [-0.39, 0.29) is 18.3 Å². The van der Waals surface area contributed by atoms with Crippen molar-refractivity contribution < 1.29 is 9.18 Å². The maximum absolute atomic E-state index is 13.5. The third kappa shape index (κ3) is 3.63. The SMILES string of the molecule is O=C(Cn1ccc2ccc(F)cc21)N1CCN(Cc2ccccc2)CC1. The van der Waals surface area contributed by atoms with Crippen LogP contribution in [0.5, 0.6) is 0 Å². The van der Waals surface area contributed by atoms with Crippen LogP contribution in [0.2, 0.25) is 0 Å². The number of hydrogen-bond donors (Lipinski definition) is 0. The first kappa shape index (κ1) is 16.8. The zero-order chi connectivity index (χ0) is 17.9. The third-order valence-electron chi connectivity index (χ3n) is 5.02. The van der Waals surface area contributed by atoms with Crippen molar-refractivity contribution in [2.75, 3.05) is 26.2 Å². The number of benzene rings is 2. The van der Waals surface area contributed by atoms with Gasteiger partial charge in [-0.1, -0.05) is 30.3 Å². The zero-order valence-corrected chi connectivity index (χ0v) is 14.6. The fourth-order valence-electron chi connectivity index (χ4n) is 3.54. The molecular weight excluding hydrogens is 329 g/mol. The lowest BCUT2D eigenvalue weighted by Gasteiger charge is -2.35. The molecule has 2 aromatic carbocycles. The smallest absolute Gasteiger partial charge is 0.242 e. The molecule has 1 aliphatic rings. The predicted octanol–water partition coefficient (Wildman–Crippen LogP) is 3.12. The number of nitrogens with zero attached hydrogens (tertiary/aromatic N) is 3. The number of carbonyl (C=O) groups excluding carboxylic acids is 1. The number of rotatable bonds is 4. The highest BCUT2D eigenvalue weighted by Gasteiger charge is 2.21. The van der Waals surface area contributed by atoms with Crippen molar-refractivity contribution in [2.45, 2.75) is 13.1 Å². The summed E-state index contributed by atoms with van der Waals surface area (Å²) >= 11 is 0. The fourth-order valence-corrected chi connectivity index (χ4v) is 3.54. The summed E-state index contributed by atoms with van der Waals surface area (Å²) in [5.74, 6) is -0.189. The van der Waals surface area contributed by atoms with Crippen LogP contribution in [-0.4, -0.2) is 46.5 Å². The highest BCUT2D eigenvalue weighted by Crippen LogP contribution is 2.17. The van der Waals surface area contributed by atoms with E-state index in [2.05, 4.69) is 29.2 Å². The van der Waals surface area contributed by atoms with Crippen molar-refractivity contribution in [1.29, 1.82) is 0 Å². The van der Waals surface area contributed by atoms with Gasteiger partial charge in [-0.25, -0.2) is 4.39 Å². The van der Waals surface area contributed by atoms with Gasteiger partial charge in [0.1, 0.15) is 12.4 Å². The van der Waals surface area contributed by atoms with Gasteiger partial charge < -0.3 is 9.47 Å². The van der Waals surface area contributed by atoms with Gasteiger partial charge in [-0.2, -0.15) is 0 Å². The van der Waals surface area contributed by atoms with E-state index in [4.69, 9.17) is 0 Å². The summed E-state index contributed by atoms with van der Waals surface area (Å²) in [4.78, 5) is 16.9. The van der Waals surface area contributed by atoms with Crippen LogP contribution in [0.25, 0.3) is 10.9 Å². The van der Waals surface area contributed by atoms with Crippen LogP contribution in [0.4, 0.5) is 4.39 Å². The molecule has 0 atom stereocenters. The average Bonchev–Trinajstić information content (AvgIpc) is 3.05. The Kier molecular flexibility index (Phi) is 4.71. The molecule has 0 N–H and O–H groups in total. The highest BCUT2D eigenvalue weighted by molar-refractivity contribution is 5.83. The van der Waals surface area contributed by atoms with Crippen molar-refractivity contribution in [2.24, 2.45) is 0 Å². The summed E-state index contributed by atoms with van der Waals surface area (Å²) in [5.41, 5.74) is 2.06. The average molecular weight is 351 g/mol. The van der Waals surface area contributed by atoms with E-state index >= 15 is 0 Å². The summed E-state index contributed by atoms with van der Waals surface area (Å²) in [6.45, 7) is 4.40. The number of hydrogen-bond acceptors (Lipinski definition) is 2. The van der Waals surface area contributed by atoms with Gasteiger partial charge in [-0.05, 0) is 35.2 Å². The van der Waals surface area contributed by atoms with Crippen LogP contribution in [0.1, 0.15) is 5.56 Å². The van der Waals surface area contributed by atoms with Gasteiger partial charge in [0.15, 0.2) is 0 Å². The van der Waals surface area contributed by atoms with E-state index in [0.717, 1.165) is 43.6 Å².